The third kappa shape index (κ3) is 3.88. The Kier molecular flexibility index (Phi) is 5.34. The molecule has 0 fully saturated rings. The third-order valence-electron chi connectivity index (χ3n) is 5.77. The molecule has 4 rings (SSSR count). The van der Waals surface area contributed by atoms with E-state index in [4.69, 9.17) is 4.74 Å². The first-order valence-corrected chi connectivity index (χ1v) is 10.1. The number of H-pyrrole nitrogens is 1. The number of rotatable bonds is 5. The summed E-state index contributed by atoms with van der Waals surface area (Å²) in [6.45, 7) is 4.16. The first-order chi connectivity index (χ1) is 14.1. The second-order valence-corrected chi connectivity index (χ2v) is 7.66. The van der Waals surface area contributed by atoms with Crippen LogP contribution in [0.3, 0.4) is 0 Å². The van der Waals surface area contributed by atoms with Crippen molar-refractivity contribution in [1.29, 1.82) is 0 Å². The largest absolute Gasteiger partial charge is 0.456 e. The molecular weight excluding hydrogens is 362 g/mol. The van der Waals surface area contributed by atoms with Gasteiger partial charge in [0, 0.05) is 17.7 Å². The van der Waals surface area contributed by atoms with Gasteiger partial charge >= 0.3 is 5.97 Å². The molecule has 0 bridgehead atoms. The summed E-state index contributed by atoms with van der Waals surface area (Å²) in [6, 6.07) is 18.1. The average molecular weight is 387 g/mol. The lowest BCUT2D eigenvalue weighted by Crippen LogP contribution is -2.18. The van der Waals surface area contributed by atoms with Gasteiger partial charge in [0.1, 0.15) is 12.3 Å². The van der Waals surface area contributed by atoms with E-state index in [2.05, 4.69) is 36.2 Å². The summed E-state index contributed by atoms with van der Waals surface area (Å²) >= 11 is 0. The van der Waals surface area contributed by atoms with Crippen LogP contribution < -0.4 is 0 Å². The molecule has 0 aliphatic heterocycles. The molecule has 29 heavy (non-hydrogen) atoms. The molecule has 0 unspecified atom stereocenters. The highest BCUT2D eigenvalue weighted by Crippen LogP contribution is 2.35. The standard InChI is InChI=1S/C25H25NO3/c1-3-17-9-11-19(12-10-17)20-13-21-23(22(27)14-20)16(2)24(26-21)25(28)29-15-18-7-5-4-6-8-18/h4-12,20,26H,3,13-15H2,1-2H3/t20-/m1/s1. The highest BCUT2D eigenvalue weighted by molar-refractivity contribution is 6.03. The van der Waals surface area contributed by atoms with Crippen LogP contribution in [0, 0.1) is 6.92 Å². The van der Waals surface area contributed by atoms with Crippen LogP contribution in [-0.2, 0) is 24.2 Å². The van der Waals surface area contributed by atoms with Crippen LogP contribution >= 0.6 is 0 Å². The molecule has 1 atom stereocenters. The molecule has 0 amide bonds. The number of hydrogen-bond acceptors (Lipinski definition) is 3. The summed E-state index contributed by atoms with van der Waals surface area (Å²) in [5, 5.41) is 0. The van der Waals surface area contributed by atoms with E-state index in [-0.39, 0.29) is 18.3 Å². The number of nitrogens with one attached hydrogen (secondary N) is 1. The van der Waals surface area contributed by atoms with Crippen molar-refractivity contribution in [2.24, 2.45) is 0 Å². The number of ketones is 1. The van der Waals surface area contributed by atoms with Crippen LogP contribution in [0.5, 0.6) is 0 Å². The van der Waals surface area contributed by atoms with Gasteiger partial charge in [0.15, 0.2) is 5.78 Å². The maximum absolute atomic E-state index is 12.9. The van der Waals surface area contributed by atoms with E-state index in [0.717, 1.165) is 24.1 Å². The number of hydrogen-bond donors (Lipinski definition) is 1. The van der Waals surface area contributed by atoms with E-state index < -0.39 is 5.97 Å². The number of carbonyl (C=O) groups is 2. The van der Waals surface area contributed by atoms with Crippen molar-refractivity contribution in [3.05, 3.63) is 93.8 Å². The van der Waals surface area contributed by atoms with Gasteiger partial charge in [-0.25, -0.2) is 4.79 Å². The number of fused-ring (bicyclic) bond motifs is 1. The van der Waals surface area contributed by atoms with E-state index >= 15 is 0 Å². The quantitative estimate of drug-likeness (QED) is 0.616. The predicted molar refractivity (Wildman–Crippen MR) is 112 cm³/mol. The number of aromatic amines is 1. The number of Topliss-reactive ketones (excluding diaryl/α,β-unsaturated/α-hetero) is 1. The molecule has 0 radical (unpaired) electrons. The fourth-order valence-electron chi connectivity index (χ4n) is 4.09. The minimum atomic E-state index is -0.419. The van der Waals surface area contributed by atoms with Gasteiger partial charge in [-0.15, -0.1) is 0 Å². The Morgan fingerprint density at radius 3 is 2.45 bits per heavy atom. The maximum Gasteiger partial charge on any atom is 0.355 e. The second-order valence-electron chi connectivity index (χ2n) is 7.66. The Hall–Kier alpha value is -3.14. The van der Waals surface area contributed by atoms with Crippen molar-refractivity contribution >= 4 is 11.8 Å². The number of benzene rings is 2. The van der Waals surface area contributed by atoms with Crippen molar-refractivity contribution in [3.8, 4) is 0 Å². The molecule has 1 aromatic heterocycles. The Morgan fingerprint density at radius 1 is 1.03 bits per heavy atom. The van der Waals surface area contributed by atoms with Gasteiger partial charge in [-0.3, -0.25) is 4.79 Å². The summed E-state index contributed by atoms with van der Waals surface area (Å²) in [5.74, 6) is -0.198. The Labute approximate surface area is 170 Å². The fourth-order valence-corrected chi connectivity index (χ4v) is 4.09. The lowest BCUT2D eigenvalue weighted by atomic mass is 9.81. The van der Waals surface area contributed by atoms with Gasteiger partial charge in [0.05, 0.1) is 0 Å². The minimum absolute atomic E-state index is 0.0895. The molecule has 148 valence electrons. The zero-order valence-electron chi connectivity index (χ0n) is 16.8. The minimum Gasteiger partial charge on any atom is -0.456 e. The van der Waals surface area contributed by atoms with Crippen LogP contribution in [0.4, 0.5) is 0 Å². The van der Waals surface area contributed by atoms with Crippen molar-refractivity contribution in [1.82, 2.24) is 4.98 Å². The van der Waals surface area contributed by atoms with Crippen molar-refractivity contribution in [2.75, 3.05) is 0 Å². The van der Waals surface area contributed by atoms with E-state index in [1.54, 1.807) is 0 Å². The third-order valence-corrected chi connectivity index (χ3v) is 5.77. The highest BCUT2D eigenvalue weighted by atomic mass is 16.5. The van der Waals surface area contributed by atoms with Crippen molar-refractivity contribution < 1.29 is 14.3 Å². The van der Waals surface area contributed by atoms with E-state index in [1.807, 2.05) is 37.3 Å². The number of esters is 1. The van der Waals surface area contributed by atoms with Gasteiger partial charge in [0.2, 0.25) is 0 Å². The Bertz CT molecular complexity index is 1030. The van der Waals surface area contributed by atoms with Crippen LogP contribution in [-0.4, -0.2) is 16.7 Å². The van der Waals surface area contributed by atoms with Gasteiger partial charge < -0.3 is 9.72 Å². The fraction of sp³-hybridized carbons (Fsp3) is 0.280. The monoisotopic (exact) mass is 387 g/mol. The van der Waals surface area contributed by atoms with Gasteiger partial charge in [0.25, 0.3) is 0 Å². The molecule has 1 N–H and O–H groups in total. The molecule has 1 aliphatic rings. The number of aryl methyl sites for hydroxylation is 1. The number of carbonyl (C=O) groups excluding carboxylic acids is 2. The van der Waals surface area contributed by atoms with Gasteiger partial charge in [-0.05, 0) is 47.9 Å². The van der Waals surface area contributed by atoms with Crippen LogP contribution in [0.2, 0.25) is 0 Å². The number of aromatic nitrogens is 1. The average Bonchev–Trinajstić information content (AvgIpc) is 3.10. The SMILES string of the molecule is CCc1ccc([C@H]2CC(=O)c3c([nH]c(C(=O)OCc4ccccc4)c3C)C2)cc1. The molecular formula is C25H25NO3. The molecule has 0 saturated carbocycles. The summed E-state index contributed by atoms with van der Waals surface area (Å²) in [6.07, 6.45) is 2.19. The normalized spacial score (nSPS) is 15.8. The van der Waals surface area contributed by atoms with Crippen LogP contribution in [0.25, 0.3) is 0 Å². The summed E-state index contributed by atoms with van der Waals surface area (Å²) in [7, 11) is 0. The Balaban J connectivity index is 1.53. The van der Waals surface area contributed by atoms with Gasteiger partial charge in [-0.1, -0.05) is 61.5 Å². The summed E-state index contributed by atoms with van der Waals surface area (Å²) in [5.41, 5.74) is 5.98. The predicted octanol–water partition coefficient (Wildman–Crippen LogP) is 5.16. The summed E-state index contributed by atoms with van der Waals surface area (Å²) < 4.78 is 5.46. The first kappa shape index (κ1) is 19.2. The molecule has 3 aromatic rings. The molecule has 0 saturated heterocycles. The second kappa shape index (κ2) is 8.08. The van der Waals surface area contributed by atoms with Crippen LogP contribution in [0.1, 0.15) is 68.1 Å². The molecule has 1 aliphatic carbocycles. The van der Waals surface area contributed by atoms with Crippen molar-refractivity contribution in [2.45, 2.75) is 45.6 Å². The maximum atomic E-state index is 12.9. The lowest BCUT2D eigenvalue weighted by Gasteiger charge is -2.22. The lowest BCUT2D eigenvalue weighted by molar-refractivity contribution is 0.0465. The number of ether oxygens (including phenoxy) is 1. The molecule has 2 aromatic carbocycles. The molecule has 4 heteroatoms. The van der Waals surface area contributed by atoms with E-state index in [9.17, 15) is 9.59 Å². The van der Waals surface area contributed by atoms with Gasteiger partial charge in [-0.2, -0.15) is 0 Å². The van der Waals surface area contributed by atoms with Crippen molar-refractivity contribution in [3.63, 3.8) is 0 Å². The van der Waals surface area contributed by atoms with E-state index in [0.29, 0.717) is 23.2 Å². The molecule has 4 nitrogen and oxygen atoms in total. The summed E-state index contributed by atoms with van der Waals surface area (Å²) in [4.78, 5) is 28.7. The molecule has 0 spiro atoms. The topological polar surface area (TPSA) is 59.2 Å². The Morgan fingerprint density at radius 2 is 1.76 bits per heavy atom. The highest BCUT2D eigenvalue weighted by Gasteiger charge is 2.32. The smallest absolute Gasteiger partial charge is 0.355 e. The zero-order chi connectivity index (χ0) is 20.4. The van der Waals surface area contributed by atoms with E-state index in [1.165, 1.54) is 11.1 Å². The zero-order valence-corrected chi connectivity index (χ0v) is 16.8. The first-order valence-electron chi connectivity index (χ1n) is 10.1. The van der Waals surface area contributed by atoms with Crippen LogP contribution in [0.15, 0.2) is 54.6 Å². The molecule has 1 heterocycles.